The fourth-order valence-electron chi connectivity index (χ4n) is 2.25. The molecule has 2 aromatic rings. The number of fused-ring (bicyclic) bond motifs is 1. The molecular weight excluding hydrogens is 288 g/mol. The maximum absolute atomic E-state index is 11.3. The van der Waals surface area contributed by atoms with Crippen molar-refractivity contribution >= 4 is 28.9 Å². The highest BCUT2D eigenvalue weighted by molar-refractivity contribution is 6.30. The van der Waals surface area contributed by atoms with Crippen LogP contribution in [0.15, 0.2) is 36.4 Å². The average Bonchev–Trinajstić information content (AvgIpc) is 2.46. The first-order valence-corrected chi connectivity index (χ1v) is 7.05. The summed E-state index contributed by atoms with van der Waals surface area (Å²) in [5.74, 6) is 0.566. The number of anilines is 2. The Morgan fingerprint density at radius 2 is 2.14 bits per heavy atom. The third-order valence-electron chi connectivity index (χ3n) is 3.40. The van der Waals surface area contributed by atoms with Gasteiger partial charge >= 0.3 is 0 Å². The maximum Gasteiger partial charge on any atom is 0.262 e. The number of amides is 1. The van der Waals surface area contributed by atoms with Gasteiger partial charge in [0, 0.05) is 17.3 Å². The summed E-state index contributed by atoms with van der Waals surface area (Å²) >= 11 is 5.95. The van der Waals surface area contributed by atoms with Crippen molar-refractivity contribution in [1.82, 2.24) is 0 Å². The molecule has 4 nitrogen and oxygen atoms in total. The second-order valence-electron chi connectivity index (χ2n) is 4.97. The fraction of sp³-hybridized carbons (Fsp3) is 0.188. The number of nitrogens with one attached hydrogen (secondary N) is 2. The predicted octanol–water partition coefficient (Wildman–Crippen LogP) is 3.59. The molecule has 0 atom stereocenters. The van der Waals surface area contributed by atoms with Gasteiger partial charge in [-0.2, -0.15) is 0 Å². The number of aryl methyl sites for hydroxylation is 1. The maximum atomic E-state index is 11.3. The molecule has 2 aromatic carbocycles. The van der Waals surface area contributed by atoms with Crippen molar-refractivity contribution in [2.75, 3.05) is 17.2 Å². The molecule has 0 aromatic heterocycles. The number of hydrogen-bond donors (Lipinski definition) is 2. The van der Waals surface area contributed by atoms with Crippen LogP contribution in [0, 0.1) is 6.92 Å². The molecule has 1 aliphatic rings. The average molecular weight is 303 g/mol. The van der Waals surface area contributed by atoms with E-state index in [4.69, 9.17) is 16.3 Å². The smallest absolute Gasteiger partial charge is 0.262 e. The molecule has 0 radical (unpaired) electrons. The minimum Gasteiger partial charge on any atom is -0.482 e. The van der Waals surface area contributed by atoms with Crippen LogP contribution in [0.25, 0.3) is 0 Å². The summed E-state index contributed by atoms with van der Waals surface area (Å²) in [6.45, 7) is 2.80. The van der Waals surface area contributed by atoms with Crippen LogP contribution < -0.4 is 15.4 Å². The van der Waals surface area contributed by atoms with Crippen LogP contribution in [-0.2, 0) is 11.3 Å². The van der Waals surface area contributed by atoms with Crippen molar-refractivity contribution < 1.29 is 9.53 Å². The number of carbonyl (C=O) groups excluding carboxylic acids is 1. The van der Waals surface area contributed by atoms with E-state index in [2.05, 4.69) is 10.6 Å². The summed E-state index contributed by atoms with van der Waals surface area (Å²) in [4.78, 5) is 11.3. The van der Waals surface area contributed by atoms with E-state index >= 15 is 0 Å². The summed E-state index contributed by atoms with van der Waals surface area (Å²) in [7, 11) is 0. The normalized spacial score (nSPS) is 13.1. The monoisotopic (exact) mass is 302 g/mol. The van der Waals surface area contributed by atoms with Crippen molar-refractivity contribution in [1.29, 1.82) is 0 Å². The molecule has 0 fully saturated rings. The van der Waals surface area contributed by atoms with Gasteiger partial charge in [0.2, 0.25) is 0 Å². The van der Waals surface area contributed by atoms with E-state index in [1.165, 1.54) is 5.56 Å². The Morgan fingerprint density at radius 1 is 1.29 bits per heavy atom. The summed E-state index contributed by atoms with van der Waals surface area (Å²) in [6, 6.07) is 11.5. The SMILES string of the molecule is Cc1cc(Cl)ccc1CNc1ccc2c(c1)NC(=O)CO2. The lowest BCUT2D eigenvalue weighted by Crippen LogP contribution is -2.25. The molecule has 1 heterocycles. The fourth-order valence-corrected chi connectivity index (χ4v) is 2.47. The minimum absolute atomic E-state index is 0.0732. The molecule has 0 saturated carbocycles. The van der Waals surface area contributed by atoms with E-state index in [-0.39, 0.29) is 12.5 Å². The highest BCUT2D eigenvalue weighted by Crippen LogP contribution is 2.30. The zero-order chi connectivity index (χ0) is 14.8. The largest absolute Gasteiger partial charge is 0.482 e. The Labute approximate surface area is 128 Å². The van der Waals surface area contributed by atoms with Crippen LogP contribution in [0.2, 0.25) is 5.02 Å². The van der Waals surface area contributed by atoms with E-state index in [0.717, 1.165) is 16.3 Å². The van der Waals surface area contributed by atoms with E-state index in [1.807, 2.05) is 43.3 Å². The molecule has 3 rings (SSSR count). The van der Waals surface area contributed by atoms with Crippen molar-refractivity contribution in [2.45, 2.75) is 13.5 Å². The Kier molecular flexibility index (Phi) is 3.71. The summed E-state index contributed by atoms with van der Waals surface area (Å²) in [5.41, 5.74) is 3.94. The van der Waals surface area contributed by atoms with Crippen LogP contribution >= 0.6 is 11.6 Å². The topological polar surface area (TPSA) is 50.4 Å². The lowest BCUT2D eigenvalue weighted by atomic mass is 10.1. The third kappa shape index (κ3) is 3.11. The zero-order valence-corrected chi connectivity index (χ0v) is 12.3. The molecule has 1 aliphatic heterocycles. The molecule has 0 unspecified atom stereocenters. The van der Waals surface area contributed by atoms with E-state index in [1.54, 1.807) is 0 Å². The van der Waals surface area contributed by atoms with Crippen molar-refractivity contribution in [3.8, 4) is 5.75 Å². The predicted molar refractivity (Wildman–Crippen MR) is 84.1 cm³/mol. The molecular formula is C16H15ClN2O2. The van der Waals surface area contributed by atoms with Crippen LogP contribution in [0.5, 0.6) is 5.75 Å². The van der Waals surface area contributed by atoms with Gasteiger partial charge in [-0.15, -0.1) is 0 Å². The quantitative estimate of drug-likeness (QED) is 0.911. The molecule has 108 valence electrons. The zero-order valence-electron chi connectivity index (χ0n) is 11.6. The molecule has 0 aliphatic carbocycles. The van der Waals surface area contributed by atoms with Gasteiger partial charge in [-0.05, 0) is 48.4 Å². The molecule has 0 bridgehead atoms. The second kappa shape index (κ2) is 5.66. The number of halogens is 1. The third-order valence-corrected chi connectivity index (χ3v) is 3.64. The van der Waals surface area contributed by atoms with Gasteiger partial charge in [-0.25, -0.2) is 0 Å². The van der Waals surface area contributed by atoms with Crippen LogP contribution in [-0.4, -0.2) is 12.5 Å². The van der Waals surface area contributed by atoms with Gasteiger partial charge in [0.1, 0.15) is 5.75 Å². The number of hydrogen-bond acceptors (Lipinski definition) is 3. The number of ether oxygens (including phenoxy) is 1. The first-order chi connectivity index (χ1) is 10.1. The Balaban J connectivity index is 1.73. The summed E-state index contributed by atoms with van der Waals surface area (Å²) < 4.78 is 5.33. The van der Waals surface area contributed by atoms with E-state index in [0.29, 0.717) is 18.0 Å². The number of rotatable bonds is 3. The molecule has 2 N–H and O–H groups in total. The van der Waals surface area contributed by atoms with Crippen LogP contribution in [0.1, 0.15) is 11.1 Å². The Hall–Kier alpha value is -2.20. The summed E-state index contributed by atoms with van der Waals surface area (Å²) in [5, 5.41) is 6.87. The van der Waals surface area contributed by atoms with Gasteiger partial charge in [-0.3, -0.25) is 4.79 Å². The molecule has 0 saturated heterocycles. The number of benzene rings is 2. The standard InChI is InChI=1S/C16H15ClN2O2/c1-10-6-12(17)3-2-11(10)8-18-13-4-5-15-14(7-13)19-16(20)9-21-15/h2-7,18H,8-9H2,1H3,(H,19,20). The highest BCUT2D eigenvalue weighted by atomic mass is 35.5. The summed E-state index contributed by atoms with van der Waals surface area (Å²) in [6.07, 6.45) is 0. The second-order valence-corrected chi connectivity index (χ2v) is 5.41. The van der Waals surface area contributed by atoms with E-state index < -0.39 is 0 Å². The lowest BCUT2D eigenvalue weighted by Gasteiger charge is -2.19. The Morgan fingerprint density at radius 3 is 2.95 bits per heavy atom. The Bertz CT molecular complexity index is 701. The minimum atomic E-state index is -0.131. The molecule has 21 heavy (non-hydrogen) atoms. The van der Waals surface area contributed by atoms with Gasteiger partial charge in [0.05, 0.1) is 5.69 Å². The highest BCUT2D eigenvalue weighted by Gasteiger charge is 2.15. The molecule has 0 spiro atoms. The van der Waals surface area contributed by atoms with E-state index in [9.17, 15) is 4.79 Å². The van der Waals surface area contributed by atoms with Crippen LogP contribution in [0.3, 0.4) is 0 Å². The van der Waals surface area contributed by atoms with Crippen molar-refractivity contribution in [3.05, 3.63) is 52.5 Å². The van der Waals surface area contributed by atoms with Crippen molar-refractivity contribution in [2.24, 2.45) is 0 Å². The molecule has 5 heteroatoms. The van der Waals surface area contributed by atoms with Gasteiger partial charge in [0.15, 0.2) is 6.61 Å². The first kappa shape index (κ1) is 13.8. The number of carbonyl (C=O) groups is 1. The first-order valence-electron chi connectivity index (χ1n) is 6.67. The van der Waals surface area contributed by atoms with Crippen molar-refractivity contribution in [3.63, 3.8) is 0 Å². The van der Waals surface area contributed by atoms with Gasteiger partial charge in [-0.1, -0.05) is 17.7 Å². The van der Waals surface area contributed by atoms with Gasteiger partial charge < -0.3 is 15.4 Å². The van der Waals surface area contributed by atoms with Crippen LogP contribution in [0.4, 0.5) is 11.4 Å². The lowest BCUT2D eigenvalue weighted by molar-refractivity contribution is -0.118. The van der Waals surface area contributed by atoms with Gasteiger partial charge in [0.25, 0.3) is 5.91 Å². The molecule has 1 amide bonds.